The summed E-state index contributed by atoms with van der Waals surface area (Å²) in [6.45, 7) is 7.65. The number of nitrogens with zero attached hydrogens (tertiary/aromatic N) is 1. The molecule has 4 aromatic carbocycles. The van der Waals surface area contributed by atoms with Crippen molar-refractivity contribution in [2.24, 2.45) is 0 Å². The van der Waals surface area contributed by atoms with Crippen molar-refractivity contribution >= 4 is 16.9 Å². The summed E-state index contributed by atoms with van der Waals surface area (Å²) in [5.74, 6) is 1.06. The predicted octanol–water partition coefficient (Wildman–Crippen LogP) is 7.70. The van der Waals surface area contributed by atoms with Gasteiger partial charge in [-0.25, -0.2) is 4.79 Å². The minimum absolute atomic E-state index is 0.162. The van der Waals surface area contributed by atoms with Gasteiger partial charge >= 0.3 is 6.16 Å². The number of hydroxylamine groups is 2. The molecule has 214 valence electrons. The molecular formula is C35H39NO5. The minimum Gasteiger partial charge on any atom is -0.493 e. The van der Waals surface area contributed by atoms with Crippen molar-refractivity contribution in [1.82, 2.24) is 5.06 Å². The molecule has 6 nitrogen and oxygen atoms in total. The predicted molar refractivity (Wildman–Crippen MR) is 161 cm³/mol. The maximum absolute atomic E-state index is 12.4. The number of fused-ring (bicyclic) bond motifs is 1. The normalized spacial score (nSPS) is 17.7. The molecular weight excluding hydrogens is 514 g/mol. The van der Waals surface area contributed by atoms with Crippen LogP contribution in [-0.4, -0.2) is 42.6 Å². The van der Waals surface area contributed by atoms with Crippen LogP contribution in [0.1, 0.15) is 49.8 Å². The van der Waals surface area contributed by atoms with Gasteiger partial charge in [-0.3, -0.25) is 0 Å². The van der Waals surface area contributed by atoms with Crippen molar-refractivity contribution < 1.29 is 23.8 Å². The molecule has 5 rings (SSSR count). The van der Waals surface area contributed by atoms with Gasteiger partial charge in [-0.05, 0) is 72.9 Å². The summed E-state index contributed by atoms with van der Waals surface area (Å²) in [6.07, 6.45) is 0.775. The van der Waals surface area contributed by atoms with Crippen molar-refractivity contribution in [1.29, 1.82) is 0 Å². The molecule has 0 spiro atoms. The van der Waals surface area contributed by atoms with Gasteiger partial charge in [0.2, 0.25) is 0 Å². The molecule has 6 heteroatoms. The van der Waals surface area contributed by atoms with E-state index in [1.165, 1.54) is 21.9 Å². The van der Waals surface area contributed by atoms with Crippen LogP contribution in [0.4, 0.5) is 4.79 Å². The largest absolute Gasteiger partial charge is 0.528 e. The van der Waals surface area contributed by atoms with E-state index in [4.69, 9.17) is 19.0 Å². The Labute approximate surface area is 242 Å². The molecule has 1 saturated heterocycles. The molecule has 2 atom stereocenters. The molecule has 0 aliphatic carbocycles. The third-order valence-electron chi connectivity index (χ3n) is 7.20. The van der Waals surface area contributed by atoms with Crippen LogP contribution in [0.25, 0.3) is 10.8 Å². The fourth-order valence-corrected chi connectivity index (χ4v) is 5.16. The number of piperidine rings is 1. The van der Waals surface area contributed by atoms with Crippen molar-refractivity contribution in [2.45, 2.75) is 57.8 Å². The quantitative estimate of drug-likeness (QED) is 0.198. The van der Waals surface area contributed by atoms with E-state index in [9.17, 15) is 4.79 Å². The van der Waals surface area contributed by atoms with Gasteiger partial charge in [0.1, 0.15) is 11.4 Å². The Hall–Kier alpha value is -3.87. The number of hydrogen-bond donors (Lipinski definition) is 0. The highest BCUT2D eigenvalue weighted by atomic mass is 16.8. The molecule has 4 aromatic rings. The topological polar surface area (TPSA) is 57.2 Å². The number of carbonyl (C=O) groups is 1. The second kappa shape index (κ2) is 13.2. The number of ether oxygens (including phenoxy) is 3. The van der Waals surface area contributed by atoms with E-state index in [0.29, 0.717) is 26.3 Å². The number of para-hydroxylation sites is 1. The van der Waals surface area contributed by atoms with Crippen LogP contribution in [0.5, 0.6) is 5.75 Å². The molecule has 0 amide bonds. The van der Waals surface area contributed by atoms with E-state index in [1.54, 1.807) is 5.06 Å². The van der Waals surface area contributed by atoms with Gasteiger partial charge in [0, 0.05) is 18.9 Å². The highest BCUT2D eigenvalue weighted by Crippen LogP contribution is 2.32. The summed E-state index contributed by atoms with van der Waals surface area (Å²) in [5, 5.41) is 4.07. The Bertz CT molecular complexity index is 1410. The number of hydrogen-bond acceptors (Lipinski definition) is 6. The fourth-order valence-electron chi connectivity index (χ4n) is 5.16. The first kappa shape index (κ1) is 28.7. The SMILES string of the molecule is CC(C)(C)OC(=O)ON1CCC(c2ccc(CCOc3ccccc3)cc2)C(OCc2ccc3ccccc3c2)C1. The van der Waals surface area contributed by atoms with E-state index >= 15 is 0 Å². The van der Waals surface area contributed by atoms with Gasteiger partial charge in [-0.2, -0.15) is 0 Å². The minimum atomic E-state index is -0.689. The average molecular weight is 554 g/mol. The second-order valence-corrected chi connectivity index (χ2v) is 11.5. The van der Waals surface area contributed by atoms with Crippen LogP contribution in [-0.2, 0) is 27.3 Å². The lowest BCUT2D eigenvalue weighted by Gasteiger charge is -2.37. The third-order valence-corrected chi connectivity index (χ3v) is 7.20. The number of carbonyl (C=O) groups excluding carboxylic acids is 1. The first-order chi connectivity index (χ1) is 19.8. The Balaban J connectivity index is 1.25. The van der Waals surface area contributed by atoms with Gasteiger partial charge in [0.25, 0.3) is 0 Å². The van der Waals surface area contributed by atoms with Crippen molar-refractivity contribution in [3.63, 3.8) is 0 Å². The molecule has 0 radical (unpaired) electrons. The van der Waals surface area contributed by atoms with Crippen LogP contribution in [0.2, 0.25) is 0 Å². The van der Waals surface area contributed by atoms with Gasteiger partial charge in [0.05, 0.1) is 25.9 Å². The van der Waals surface area contributed by atoms with Crippen molar-refractivity contribution in [3.05, 3.63) is 114 Å². The summed E-state index contributed by atoms with van der Waals surface area (Å²) in [4.78, 5) is 17.9. The Morgan fingerprint density at radius 2 is 1.56 bits per heavy atom. The molecule has 1 fully saturated rings. The van der Waals surface area contributed by atoms with Crippen LogP contribution < -0.4 is 4.74 Å². The van der Waals surface area contributed by atoms with Gasteiger partial charge in [-0.1, -0.05) is 78.9 Å². The maximum Gasteiger partial charge on any atom is 0.528 e. The van der Waals surface area contributed by atoms with Gasteiger partial charge in [0.15, 0.2) is 0 Å². The van der Waals surface area contributed by atoms with Gasteiger partial charge < -0.3 is 19.0 Å². The zero-order chi connectivity index (χ0) is 28.7. The lowest BCUT2D eigenvalue weighted by Crippen LogP contribution is -2.45. The molecule has 0 bridgehead atoms. The smallest absolute Gasteiger partial charge is 0.493 e. The summed E-state index contributed by atoms with van der Waals surface area (Å²) < 4.78 is 17.8. The Morgan fingerprint density at radius 3 is 2.32 bits per heavy atom. The van der Waals surface area contributed by atoms with Crippen LogP contribution in [0, 0.1) is 0 Å². The highest BCUT2D eigenvalue weighted by molar-refractivity contribution is 5.82. The lowest BCUT2D eigenvalue weighted by molar-refractivity contribution is -0.179. The summed E-state index contributed by atoms with van der Waals surface area (Å²) >= 11 is 0. The zero-order valence-electron chi connectivity index (χ0n) is 24.1. The second-order valence-electron chi connectivity index (χ2n) is 11.5. The zero-order valence-corrected chi connectivity index (χ0v) is 24.1. The van der Waals surface area contributed by atoms with Crippen LogP contribution >= 0.6 is 0 Å². The first-order valence-electron chi connectivity index (χ1n) is 14.3. The Kier molecular flexibility index (Phi) is 9.22. The van der Waals surface area contributed by atoms with Gasteiger partial charge in [-0.15, -0.1) is 5.06 Å². The van der Waals surface area contributed by atoms with Crippen molar-refractivity contribution in [3.8, 4) is 5.75 Å². The van der Waals surface area contributed by atoms with E-state index < -0.39 is 11.8 Å². The van der Waals surface area contributed by atoms with Crippen LogP contribution in [0.3, 0.4) is 0 Å². The third kappa shape index (κ3) is 8.32. The first-order valence-corrected chi connectivity index (χ1v) is 14.3. The van der Waals surface area contributed by atoms with Crippen molar-refractivity contribution in [2.75, 3.05) is 19.7 Å². The Morgan fingerprint density at radius 1 is 0.854 bits per heavy atom. The standard InChI is InChI=1S/C35H39NO5/c1-35(2,3)40-34(37)41-36-21-19-32(29-17-13-26(14-18-29)20-22-38-31-11-5-4-6-12-31)33(24-36)39-25-27-15-16-28-9-7-8-10-30(28)23-27/h4-18,23,32-33H,19-22,24-25H2,1-3H3. The highest BCUT2D eigenvalue weighted by Gasteiger charge is 2.34. The summed E-state index contributed by atoms with van der Waals surface area (Å²) in [6, 6.07) is 33.4. The lowest BCUT2D eigenvalue weighted by atomic mass is 9.87. The van der Waals surface area contributed by atoms with E-state index in [1.807, 2.05) is 63.2 Å². The molecule has 0 aromatic heterocycles. The maximum atomic E-state index is 12.4. The summed E-state index contributed by atoms with van der Waals surface area (Å²) in [7, 11) is 0. The molecule has 1 heterocycles. The fraction of sp³-hybridized carbons (Fsp3) is 0.343. The molecule has 0 N–H and O–H groups in total. The van der Waals surface area contributed by atoms with Crippen LogP contribution in [0.15, 0.2) is 97.1 Å². The average Bonchev–Trinajstić information content (AvgIpc) is 2.96. The van der Waals surface area contributed by atoms with E-state index in [-0.39, 0.29) is 12.0 Å². The number of rotatable bonds is 9. The molecule has 1 aliphatic heterocycles. The van der Waals surface area contributed by atoms with E-state index in [0.717, 1.165) is 24.2 Å². The molecule has 0 saturated carbocycles. The summed E-state index contributed by atoms with van der Waals surface area (Å²) in [5.41, 5.74) is 2.94. The molecule has 41 heavy (non-hydrogen) atoms. The molecule has 2 unspecified atom stereocenters. The molecule has 1 aliphatic rings. The number of benzene rings is 4. The van der Waals surface area contributed by atoms with E-state index in [2.05, 4.69) is 54.6 Å². The monoisotopic (exact) mass is 553 g/mol.